The Morgan fingerprint density at radius 1 is 1.35 bits per heavy atom. The number of rotatable bonds is 1. The Morgan fingerprint density at radius 2 is 2.10 bits per heavy atom. The first kappa shape index (κ1) is 13.8. The average molecular weight is 281 g/mol. The van der Waals surface area contributed by atoms with Gasteiger partial charge >= 0.3 is 0 Å². The summed E-state index contributed by atoms with van der Waals surface area (Å²) in [4.78, 5) is 27.7. The van der Waals surface area contributed by atoms with Gasteiger partial charge in [-0.2, -0.15) is 0 Å². The van der Waals surface area contributed by atoms with Crippen molar-refractivity contribution < 1.29 is 14.3 Å². The van der Waals surface area contributed by atoms with Crippen LogP contribution in [0.1, 0.15) is 19.3 Å². The molecule has 112 valence electrons. The van der Waals surface area contributed by atoms with Gasteiger partial charge < -0.3 is 19.9 Å². The van der Waals surface area contributed by atoms with Crippen LogP contribution < -0.4 is 5.32 Å². The molecular formula is C14H23N3O3. The molecule has 0 unspecified atom stereocenters. The highest BCUT2D eigenvalue weighted by Crippen LogP contribution is 2.30. The monoisotopic (exact) mass is 281 g/mol. The maximum atomic E-state index is 12.5. The molecule has 1 N–H and O–H groups in total. The first-order valence-corrected chi connectivity index (χ1v) is 7.47. The molecule has 2 amide bonds. The summed E-state index contributed by atoms with van der Waals surface area (Å²) in [5.74, 6) is 0.458. The second kappa shape index (κ2) is 5.33. The maximum Gasteiger partial charge on any atom is 0.248 e. The summed E-state index contributed by atoms with van der Waals surface area (Å²) in [7, 11) is 1.81. The maximum absolute atomic E-state index is 12.5. The lowest BCUT2D eigenvalue weighted by Crippen LogP contribution is -2.55. The number of nitrogens with zero attached hydrogens (tertiary/aromatic N) is 2. The van der Waals surface area contributed by atoms with Crippen LogP contribution in [0.25, 0.3) is 0 Å². The summed E-state index contributed by atoms with van der Waals surface area (Å²) in [5, 5.41) is 3.29. The van der Waals surface area contributed by atoms with Gasteiger partial charge in [-0.05, 0) is 32.4 Å². The standard InChI is InChI=1S/C14H23N3O3/c1-16-9-14(20-8-12(16)18)4-7-17(10-14)13(19)11-2-5-15-6-3-11/h11,15H,2-10H2,1H3/t14-/m0/s1. The molecule has 20 heavy (non-hydrogen) atoms. The number of amides is 2. The Balaban J connectivity index is 1.61. The largest absolute Gasteiger partial charge is 0.361 e. The zero-order valence-electron chi connectivity index (χ0n) is 12.1. The van der Waals surface area contributed by atoms with Crippen molar-refractivity contribution in [1.82, 2.24) is 15.1 Å². The van der Waals surface area contributed by atoms with Gasteiger partial charge in [0.2, 0.25) is 11.8 Å². The van der Waals surface area contributed by atoms with Gasteiger partial charge in [-0.3, -0.25) is 9.59 Å². The van der Waals surface area contributed by atoms with Crippen LogP contribution >= 0.6 is 0 Å². The van der Waals surface area contributed by atoms with Gasteiger partial charge in [0, 0.05) is 19.5 Å². The third-order valence-electron chi connectivity index (χ3n) is 4.77. The van der Waals surface area contributed by atoms with Crippen molar-refractivity contribution in [3.63, 3.8) is 0 Å². The van der Waals surface area contributed by atoms with E-state index in [1.807, 2.05) is 11.9 Å². The molecule has 0 aromatic carbocycles. The highest BCUT2D eigenvalue weighted by molar-refractivity contribution is 5.80. The minimum atomic E-state index is -0.328. The molecule has 0 bridgehead atoms. The minimum Gasteiger partial charge on any atom is -0.361 e. The second-order valence-corrected chi connectivity index (χ2v) is 6.26. The molecule has 0 aromatic heterocycles. The second-order valence-electron chi connectivity index (χ2n) is 6.26. The van der Waals surface area contributed by atoms with Crippen LogP contribution in [0.2, 0.25) is 0 Å². The molecule has 0 aliphatic carbocycles. The van der Waals surface area contributed by atoms with Crippen LogP contribution in [-0.2, 0) is 14.3 Å². The van der Waals surface area contributed by atoms with E-state index in [1.54, 1.807) is 4.90 Å². The third kappa shape index (κ3) is 2.54. The lowest BCUT2D eigenvalue weighted by atomic mass is 9.96. The van der Waals surface area contributed by atoms with Crippen molar-refractivity contribution in [2.24, 2.45) is 5.92 Å². The van der Waals surface area contributed by atoms with Gasteiger partial charge in [0.25, 0.3) is 0 Å². The Labute approximate surface area is 119 Å². The molecule has 6 heteroatoms. The molecule has 3 saturated heterocycles. The molecule has 6 nitrogen and oxygen atoms in total. The Hall–Kier alpha value is -1.14. The molecule has 0 radical (unpaired) electrons. The number of likely N-dealkylation sites (tertiary alicyclic amines) is 1. The zero-order chi connectivity index (χ0) is 14.2. The van der Waals surface area contributed by atoms with E-state index in [2.05, 4.69) is 5.32 Å². The average Bonchev–Trinajstić information content (AvgIpc) is 2.88. The third-order valence-corrected chi connectivity index (χ3v) is 4.77. The van der Waals surface area contributed by atoms with E-state index in [-0.39, 0.29) is 29.9 Å². The highest BCUT2D eigenvalue weighted by Gasteiger charge is 2.46. The summed E-state index contributed by atoms with van der Waals surface area (Å²) in [6, 6.07) is 0. The molecule has 3 rings (SSSR count). The molecule has 1 atom stereocenters. The van der Waals surface area contributed by atoms with E-state index in [0.717, 1.165) is 38.9 Å². The smallest absolute Gasteiger partial charge is 0.248 e. The van der Waals surface area contributed by atoms with Crippen LogP contribution in [0.5, 0.6) is 0 Å². The number of nitrogens with one attached hydrogen (secondary N) is 1. The fourth-order valence-corrected chi connectivity index (χ4v) is 3.50. The van der Waals surface area contributed by atoms with Crippen LogP contribution in [-0.4, -0.2) is 73.6 Å². The van der Waals surface area contributed by atoms with E-state index in [4.69, 9.17) is 4.74 Å². The van der Waals surface area contributed by atoms with Crippen molar-refractivity contribution in [2.45, 2.75) is 24.9 Å². The number of hydrogen-bond acceptors (Lipinski definition) is 4. The summed E-state index contributed by atoms with van der Waals surface area (Å²) in [5.41, 5.74) is -0.328. The fraction of sp³-hybridized carbons (Fsp3) is 0.857. The number of morpholine rings is 1. The number of carbonyl (C=O) groups excluding carboxylic acids is 2. The van der Waals surface area contributed by atoms with Crippen molar-refractivity contribution in [1.29, 1.82) is 0 Å². The van der Waals surface area contributed by atoms with Crippen molar-refractivity contribution in [3.8, 4) is 0 Å². The van der Waals surface area contributed by atoms with E-state index >= 15 is 0 Å². The van der Waals surface area contributed by atoms with Gasteiger partial charge in [0.15, 0.2) is 0 Å². The number of ether oxygens (including phenoxy) is 1. The number of hydrogen-bond donors (Lipinski definition) is 1. The minimum absolute atomic E-state index is 0.0266. The molecule has 0 aromatic rings. The number of likely N-dealkylation sites (N-methyl/N-ethyl adjacent to an activating group) is 1. The van der Waals surface area contributed by atoms with E-state index in [0.29, 0.717) is 13.1 Å². The predicted octanol–water partition coefficient (Wildman–Crippen LogP) is -0.554. The van der Waals surface area contributed by atoms with Crippen molar-refractivity contribution >= 4 is 11.8 Å². The van der Waals surface area contributed by atoms with Crippen LogP contribution in [0.4, 0.5) is 0 Å². The van der Waals surface area contributed by atoms with Gasteiger partial charge in [0.1, 0.15) is 12.2 Å². The lowest BCUT2D eigenvalue weighted by Gasteiger charge is -2.38. The van der Waals surface area contributed by atoms with Gasteiger partial charge in [-0.15, -0.1) is 0 Å². The molecule has 1 spiro atoms. The molecule has 3 heterocycles. The normalized spacial score (nSPS) is 32.1. The van der Waals surface area contributed by atoms with Gasteiger partial charge in [0.05, 0.1) is 13.1 Å². The Morgan fingerprint density at radius 3 is 2.80 bits per heavy atom. The van der Waals surface area contributed by atoms with E-state index < -0.39 is 0 Å². The summed E-state index contributed by atoms with van der Waals surface area (Å²) in [6.45, 7) is 4.00. The quantitative estimate of drug-likeness (QED) is 0.700. The summed E-state index contributed by atoms with van der Waals surface area (Å²) < 4.78 is 5.78. The fourth-order valence-electron chi connectivity index (χ4n) is 3.50. The zero-order valence-corrected chi connectivity index (χ0v) is 12.1. The van der Waals surface area contributed by atoms with E-state index in [9.17, 15) is 9.59 Å². The highest BCUT2D eigenvalue weighted by atomic mass is 16.5. The first-order chi connectivity index (χ1) is 9.60. The summed E-state index contributed by atoms with van der Waals surface area (Å²) >= 11 is 0. The number of piperidine rings is 1. The first-order valence-electron chi connectivity index (χ1n) is 7.47. The molecule has 3 aliphatic rings. The SMILES string of the molecule is CN1C[C@]2(CCN(C(=O)C3CCNCC3)C2)OCC1=O. The summed E-state index contributed by atoms with van der Waals surface area (Å²) in [6.07, 6.45) is 2.70. The van der Waals surface area contributed by atoms with Crippen molar-refractivity contribution in [2.75, 3.05) is 46.4 Å². The van der Waals surface area contributed by atoms with Crippen LogP contribution in [0.3, 0.4) is 0 Å². The van der Waals surface area contributed by atoms with Crippen LogP contribution in [0.15, 0.2) is 0 Å². The van der Waals surface area contributed by atoms with Gasteiger partial charge in [-0.1, -0.05) is 0 Å². The molecular weight excluding hydrogens is 258 g/mol. The van der Waals surface area contributed by atoms with Crippen molar-refractivity contribution in [3.05, 3.63) is 0 Å². The van der Waals surface area contributed by atoms with E-state index in [1.165, 1.54) is 0 Å². The molecule has 3 fully saturated rings. The Bertz CT molecular complexity index is 408. The Kier molecular flexibility index (Phi) is 3.69. The lowest BCUT2D eigenvalue weighted by molar-refractivity contribution is -0.160. The molecule has 0 saturated carbocycles. The number of carbonyl (C=O) groups is 2. The topological polar surface area (TPSA) is 61.9 Å². The van der Waals surface area contributed by atoms with Gasteiger partial charge in [-0.25, -0.2) is 0 Å². The molecule has 3 aliphatic heterocycles. The predicted molar refractivity (Wildman–Crippen MR) is 73.1 cm³/mol. The van der Waals surface area contributed by atoms with Crippen LogP contribution in [0, 0.1) is 5.92 Å².